The molecule has 0 spiro atoms. The van der Waals surface area contributed by atoms with Crippen molar-refractivity contribution in [3.8, 4) is 11.6 Å². The average molecular weight is 442 g/mol. The first kappa shape index (κ1) is 19.7. The molecule has 0 unspecified atom stereocenters. The molecule has 0 bridgehead atoms. The highest BCUT2D eigenvalue weighted by Gasteiger charge is 2.39. The van der Waals surface area contributed by atoms with Gasteiger partial charge in [-0.05, 0) is 42.5 Å². The van der Waals surface area contributed by atoms with Gasteiger partial charge >= 0.3 is 0 Å². The van der Waals surface area contributed by atoms with E-state index < -0.39 is 27.7 Å². The number of rotatable bonds is 4. The maximum atomic E-state index is 13.6. The Morgan fingerprint density at radius 2 is 1.87 bits per heavy atom. The quantitative estimate of drug-likeness (QED) is 0.473. The van der Waals surface area contributed by atoms with Crippen LogP contribution in [0.4, 0.5) is 8.78 Å². The Labute approximate surface area is 176 Å². The first-order chi connectivity index (χ1) is 14.9. The van der Waals surface area contributed by atoms with Crippen molar-refractivity contribution in [2.75, 3.05) is 6.54 Å². The number of pyridine rings is 1. The fraction of sp³-hybridized carbons (Fsp3) is 0.190. The predicted octanol–water partition coefficient (Wildman–Crippen LogP) is 4.09. The summed E-state index contributed by atoms with van der Waals surface area (Å²) in [6, 6.07) is 11.3. The molecular weight excluding hydrogens is 426 g/mol. The van der Waals surface area contributed by atoms with E-state index in [9.17, 15) is 17.2 Å². The highest BCUT2D eigenvalue weighted by Crippen LogP contribution is 2.37. The minimum atomic E-state index is -4.08. The van der Waals surface area contributed by atoms with Crippen molar-refractivity contribution in [3.05, 3.63) is 72.3 Å². The van der Waals surface area contributed by atoms with Crippen LogP contribution in [0.5, 0.6) is 0 Å². The number of sulfonamides is 1. The molecule has 3 heterocycles. The number of benzene rings is 2. The zero-order valence-electron chi connectivity index (χ0n) is 16.1. The molecule has 1 saturated heterocycles. The van der Waals surface area contributed by atoms with Gasteiger partial charge in [0, 0.05) is 18.1 Å². The summed E-state index contributed by atoms with van der Waals surface area (Å²) in [5, 5.41) is 9.95. The fourth-order valence-electron chi connectivity index (χ4n) is 3.80. The summed E-state index contributed by atoms with van der Waals surface area (Å²) < 4.78 is 60.1. The number of fused-ring (bicyclic) bond motifs is 1. The van der Waals surface area contributed by atoms with Gasteiger partial charge in [-0.1, -0.05) is 24.3 Å². The van der Waals surface area contributed by atoms with E-state index in [0.29, 0.717) is 24.6 Å². The van der Waals surface area contributed by atoms with Gasteiger partial charge in [-0.25, -0.2) is 17.2 Å². The van der Waals surface area contributed by atoms with Crippen molar-refractivity contribution < 1.29 is 21.6 Å². The van der Waals surface area contributed by atoms with E-state index in [1.807, 2.05) is 30.3 Å². The summed E-state index contributed by atoms with van der Waals surface area (Å²) in [7, 11) is -4.08. The molecule has 7 nitrogen and oxygen atoms in total. The van der Waals surface area contributed by atoms with Crippen LogP contribution >= 0.6 is 0 Å². The van der Waals surface area contributed by atoms with Gasteiger partial charge in [0.05, 0.1) is 4.90 Å². The number of hydrogen-bond donors (Lipinski definition) is 0. The van der Waals surface area contributed by atoms with Crippen molar-refractivity contribution in [1.29, 1.82) is 0 Å². The maximum absolute atomic E-state index is 13.6. The third-order valence-electron chi connectivity index (χ3n) is 5.30. The Morgan fingerprint density at radius 1 is 1.03 bits per heavy atom. The van der Waals surface area contributed by atoms with E-state index in [0.717, 1.165) is 22.9 Å². The molecule has 2 aromatic carbocycles. The molecule has 1 fully saturated rings. The van der Waals surface area contributed by atoms with Crippen molar-refractivity contribution in [2.45, 2.75) is 23.8 Å². The Bertz CT molecular complexity index is 1390. The van der Waals surface area contributed by atoms with Crippen molar-refractivity contribution in [3.63, 3.8) is 0 Å². The Morgan fingerprint density at radius 3 is 2.71 bits per heavy atom. The molecule has 1 aliphatic heterocycles. The summed E-state index contributed by atoms with van der Waals surface area (Å²) >= 11 is 0. The number of hydrogen-bond acceptors (Lipinski definition) is 6. The number of nitrogens with zero attached hydrogens (tertiary/aromatic N) is 4. The largest absolute Gasteiger partial charge is 0.417 e. The monoisotopic (exact) mass is 442 g/mol. The summed E-state index contributed by atoms with van der Waals surface area (Å²) in [6.45, 7) is 0.205. The van der Waals surface area contributed by atoms with Crippen molar-refractivity contribution in [2.24, 2.45) is 0 Å². The molecule has 31 heavy (non-hydrogen) atoms. The third kappa shape index (κ3) is 3.37. The van der Waals surface area contributed by atoms with E-state index in [4.69, 9.17) is 4.42 Å². The van der Waals surface area contributed by atoms with Gasteiger partial charge in [-0.2, -0.15) is 4.31 Å². The molecular formula is C21H16F2N4O3S. The fourth-order valence-corrected chi connectivity index (χ4v) is 5.47. The van der Waals surface area contributed by atoms with E-state index in [1.54, 1.807) is 6.20 Å². The Balaban J connectivity index is 1.51. The van der Waals surface area contributed by atoms with Crippen molar-refractivity contribution >= 4 is 20.8 Å². The van der Waals surface area contributed by atoms with Crippen LogP contribution in [0.15, 0.2) is 64.0 Å². The van der Waals surface area contributed by atoms with E-state index in [-0.39, 0.29) is 23.2 Å². The van der Waals surface area contributed by atoms with Crippen LogP contribution in [0.3, 0.4) is 0 Å². The molecule has 1 aliphatic rings. The highest BCUT2D eigenvalue weighted by atomic mass is 32.2. The zero-order valence-corrected chi connectivity index (χ0v) is 16.9. The topological polar surface area (TPSA) is 89.2 Å². The minimum absolute atomic E-state index is 0.133. The molecule has 0 aliphatic carbocycles. The van der Waals surface area contributed by atoms with Gasteiger partial charge in [0.25, 0.3) is 5.89 Å². The minimum Gasteiger partial charge on any atom is -0.417 e. The van der Waals surface area contributed by atoms with Gasteiger partial charge < -0.3 is 4.42 Å². The second-order valence-electron chi connectivity index (χ2n) is 7.18. The molecule has 2 aromatic heterocycles. The van der Waals surface area contributed by atoms with Crippen LogP contribution < -0.4 is 0 Å². The first-order valence-corrected chi connectivity index (χ1v) is 11.0. The Kier molecular flexibility index (Phi) is 4.75. The summed E-state index contributed by atoms with van der Waals surface area (Å²) in [4.78, 5) is 4.02. The molecule has 158 valence electrons. The van der Waals surface area contributed by atoms with E-state index >= 15 is 0 Å². The molecule has 10 heteroatoms. The second-order valence-corrected chi connectivity index (χ2v) is 9.07. The van der Waals surface area contributed by atoms with Gasteiger partial charge in [-0.15, -0.1) is 10.2 Å². The molecule has 0 amide bonds. The average Bonchev–Trinajstić information content (AvgIpc) is 3.45. The van der Waals surface area contributed by atoms with Crippen molar-refractivity contribution in [1.82, 2.24) is 19.5 Å². The molecule has 0 N–H and O–H groups in total. The van der Waals surface area contributed by atoms with Gasteiger partial charge in [0.15, 0.2) is 11.6 Å². The standard InChI is InChI=1S/C21H16F2N4O3S/c22-16-8-7-14(12-17(16)23)31(28,29)27-11-3-6-18(27)20-25-26-21(30-20)19-15-5-2-1-4-13(15)9-10-24-19/h1-2,4-5,7-10,12,18H,3,6,11H2/t18-/m0/s1. The lowest BCUT2D eigenvalue weighted by atomic mass is 10.1. The van der Waals surface area contributed by atoms with E-state index in [2.05, 4.69) is 15.2 Å². The molecule has 0 radical (unpaired) electrons. The normalized spacial score (nSPS) is 17.4. The van der Waals surface area contributed by atoms with Gasteiger partial charge in [0.2, 0.25) is 15.9 Å². The van der Waals surface area contributed by atoms with Crippen LogP contribution in [0.1, 0.15) is 24.8 Å². The number of halogens is 2. The second kappa shape index (κ2) is 7.47. The molecule has 0 saturated carbocycles. The molecule has 4 aromatic rings. The van der Waals surface area contributed by atoms with Gasteiger partial charge in [0.1, 0.15) is 11.7 Å². The lowest BCUT2D eigenvalue weighted by molar-refractivity contribution is 0.332. The SMILES string of the molecule is O=S(=O)(c1ccc(F)c(F)c1)N1CCC[C@H]1c1nnc(-c2nccc3ccccc23)o1. The third-order valence-corrected chi connectivity index (χ3v) is 7.21. The van der Waals surface area contributed by atoms with Gasteiger partial charge in [-0.3, -0.25) is 4.98 Å². The molecule has 1 atom stereocenters. The van der Waals surface area contributed by atoms with Crippen LogP contribution in [-0.2, 0) is 10.0 Å². The lowest BCUT2D eigenvalue weighted by Gasteiger charge is -2.21. The summed E-state index contributed by atoms with van der Waals surface area (Å²) in [5.74, 6) is -2.02. The van der Waals surface area contributed by atoms with Crippen LogP contribution in [-0.4, -0.2) is 34.4 Å². The van der Waals surface area contributed by atoms with Crippen LogP contribution in [0.25, 0.3) is 22.4 Å². The lowest BCUT2D eigenvalue weighted by Crippen LogP contribution is -2.31. The maximum Gasteiger partial charge on any atom is 0.266 e. The Hall–Kier alpha value is -3.24. The zero-order chi connectivity index (χ0) is 21.6. The van der Waals surface area contributed by atoms with E-state index in [1.165, 1.54) is 4.31 Å². The summed E-state index contributed by atoms with van der Waals surface area (Å²) in [6.07, 6.45) is 2.67. The first-order valence-electron chi connectivity index (χ1n) is 9.59. The smallest absolute Gasteiger partial charge is 0.266 e. The van der Waals surface area contributed by atoms with Crippen LogP contribution in [0, 0.1) is 11.6 Å². The number of aromatic nitrogens is 3. The predicted molar refractivity (Wildman–Crippen MR) is 107 cm³/mol. The molecule has 5 rings (SSSR count). The summed E-state index contributed by atoms with van der Waals surface area (Å²) in [5.41, 5.74) is 0.504. The highest BCUT2D eigenvalue weighted by molar-refractivity contribution is 7.89. The van der Waals surface area contributed by atoms with Crippen LogP contribution in [0.2, 0.25) is 0 Å².